The smallest absolute Gasteiger partial charge is 0.154 e. The van der Waals surface area contributed by atoms with Crippen LogP contribution in [0.25, 0.3) is 16.4 Å². The fourth-order valence-corrected chi connectivity index (χ4v) is 4.09. The molecule has 0 spiro atoms. The molecule has 22 heavy (non-hydrogen) atoms. The highest BCUT2D eigenvalue weighted by Crippen LogP contribution is 2.46. The highest BCUT2D eigenvalue weighted by Gasteiger charge is 2.23. The molecule has 0 radical (unpaired) electrons. The van der Waals surface area contributed by atoms with E-state index in [1.807, 2.05) is 71.4 Å². The van der Waals surface area contributed by atoms with Gasteiger partial charge in [-0.1, -0.05) is 59.8 Å². The highest BCUT2D eigenvalue weighted by atomic mass is 35.5. The lowest BCUT2D eigenvalue weighted by molar-refractivity contribution is 0.510. The van der Waals surface area contributed by atoms with Gasteiger partial charge in [0.15, 0.2) is 5.76 Å². The topological polar surface area (TPSA) is 25.2 Å². The molecule has 0 unspecified atom stereocenters. The van der Waals surface area contributed by atoms with Crippen LogP contribution in [-0.2, 0) is 0 Å². The minimum Gasteiger partial charge on any atom is -0.505 e. The number of thioether (sulfide) groups is 1. The third-order valence-electron chi connectivity index (χ3n) is 3.65. The van der Waals surface area contributed by atoms with Crippen molar-refractivity contribution < 1.29 is 5.11 Å². The van der Waals surface area contributed by atoms with Gasteiger partial charge in [-0.25, -0.2) is 0 Å². The van der Waals surface area contributed by atoms with E-state index in [4.69, 9.17) is 11.6 Å². The summed E-state index contributed by atoms with van der Waals surface area (Å²) in [6.45, 7) is 0. The average molecular weight is 326 g/mol. The number of aliphatic hydroxyl groups is 1. The van der Waals surface area contributed by atoms with Crippen molar-refractivity contribution in [3.8, 4) is 5.69 Å². The quantitative estimate of drug-likeness (QED) is 0.628. The molecule has 0 saturated carbocycles. The molecule has 4 rings (SSSR count). The number of halogens is 1. The van der Waals surface area contributed by atoms with Crippen LogP contribution in [0.3, 0.4) is 0 Å². The molecular formula is C18H12ClNOS. The fourth-order valence-electron chi connectivity index (χ4n) is 2.64. The van der Waals surface area contributed by atoms with Gasteiger partial charge in [0.1, 0.15) is 0 Å². The van der Waals surface area contributed by atoms with Crippen LogP contribution in [0.4, 0.5) is 0 Å². The summed E-state index contributed by atoms with van der Waals surface area (Å²) in [7, 11) is 0. The van der Waals surface area contributed by atoms with Gasteiger partial charge in [-0.15, -0.1) is 0 Å². The van der Waals surface area contributed by atoms with Crippen molar-refractivity contribution in [3.63, 3.8) is 0 Å². The van der Waals surface area contributed by atoms with Crippen LogP contribution in [0.2, 0.25) is 5.02 Å². The maximum absolute atomic E-state index is 10.8. The normalized spacial score (nSPS) is 13.5. The van der Waals surface area contributed by atoms with Crippen LogP contribution >= 0.6 is 23.4 Å². The summed E-state index contributed by atoms with van der Waals surface area (Å²) in [4.78, 5) is 1.86. The van der Waals surface area contributed by atoms with Gasteiger partial charge in [0.05, 0.1) is 21.3 Å². The molecule has 1 N–H and O–H groups in total. The number of para-hydroxylation sites is 1. The molecule has 0 atom stereocenters. The molecule has 2 aromatic carbocycles. The Morgan fingerprint density at radius 1 is 0.909 bits per heavy atom. The lowest BCUT2D eigenvalue weighted by Gasteiger charge is -2.11. The Kier molecular flexibility index (Phi) is 3.25. The van der Waals surface area contributed by atoms with E-state index in [0.29, 0.717) is 5.02 Å². The largest absolute Gasteiger partial charge is 0.505 e. The number of aliphatic hydroxyl groups excluding tert-OH is 1. The number of hydrogen-bond acceptors (Lipinski definition) is 2. The van der Waals surface area contributed by atoms with Crippen molar-refractivity contribution in [2.75, 3.05) is 0 Å². The molecule has 2 nitrogen and oxygen atoms in total. The second kappa shape index (κ2) is 5.27. The first kappa shape index (κ1) is 13.6. The Morgan fingerprint density at radius 2 is 1.73 bits per heavy atom. The summed E-state index contributed by atoms with van der Waals surface area (Å²) in [5, 5.41) is 11.5. The molecule has 0 amide bonds. The van der Waals surface area contributed by atoms with Gasteiger partial charge in [-0.3, -0.25) is 0 Å². The maximum atomic E-state index is 10.8. The molecule has 3 aromatic rings. The summed E-state index contributed by atoms with van der Waals surface area (Å²) >= 11 is 7.95. The zero-order chi connectivity index (χ0) is 15.1. The molecule has 1 aliphatic rings. The van der Waals surface area contributed by atoms with E-state index in [2.05, 4.69) is 0 Å². The molecule has 4 heteroatoms. The van der Waals surface area contributed by atoms with Gasteiger partial charge in [-0.2, -0.15) is 0 Å². The summed E-state index contributed by atoms with van der Waals surface area (Å²) in [6, 6.07) is 19.6. The molecule has 1 aromatic heterocycles. The van der Waals surface area contributed by atoms with Gasteiger partial charge in [0.2, 0.25) is 0 Å². The molecule has 108 valence electrons. The molecule has 0 fully saturated rings. The minimum absolute atomic E-state index is 0.272. The first-order valence-electron chi connectivity index (χ1n) is 6.89. The lowest BCUT2D eigenvalue weighted by atomic mass is 10.2. The number of benzene rings is 2. The number of aromatic nitrogens is 1. The summed E-state index contributed by atoms with van der Waals surface area (Å²) in [5.74, 6) is 0.272. The Balaban J connectivity index is 2.03. The van der Waals surface area contributed by atoms with E-state index in [1.165, 1.54) is 11.8 Å². The van der Waals surface area contributed by atoms with Crippen molar-refractivity contribution in [1.82, 2.24) is 4.57 Å². The Morgan fingerprint density at radius 3 is 2.55 bits per heavy atom. The maximum Gasteiger partial charge on any atom is 0.154 e. The Bertz CT molecular complexity index is 883. The number of fused-ring (bicyclic) bond motifs is 3. The van der Waals surface area contributed by atoms with Crippen molar-refractivity contribution in [2.45, 2.75) is 4.90 Å². The van der Waals surface area contributed by atoms with E-state index >= 15 is 0 Å². The third kappa shape index (κ3) is 2.05. The predicted octanol–water partition coefficient (Wildman–Crippen LogP) is 5.62. The Hall–Kier alpha value is -2.10. The molecule has 1 aliphatic heterocycles. The van der Waals surface area contributed by atoms with Gasteiger partial charge >= 0.3 is 0 Å². The van der Waals surface area contributed by atoms with Gasteiger partial charge in [0, 0.05) is 11.1 Å². The zero-order valence-electron chi connectivity index (χ0n) is 11.5. The molecular weight excluding hydrogens is 314 g/mol. The fraction of sp³-hybridized carbons (Fsp3) is 0. The summed E-state index contributed by atoms with van der Waals surface area (Å²) < 4.78 is 1.94. The average Bonchev–Trinajstić information content (AvgIpc) is 2.98. The third-order valence-corrected chi connectivity index (χ3v) is 5.13. The van der Waals surface area contributed by atoms with Crippen LogP contribution in [0.1, 0.15) is 11.3 Å². The van der Waals surface area contributed by atoms with Gasteiger partial charge in [0.25, 0.3) is 0 Å². The van der Waals surface area contributed by atoms with E-state index in [1.54, 1.807) is 0 Å². The molecule has 0 aliphatic carbocycles. The van der Waals surface area contributed by atoms with E-state index < -0.39 is 0 Å². The van der Waals surface area contributed by atoms with Gasteiger partial charge in [-0.05, 0) is 29.8 Å². The van der Waals surface area contributed by atoms with Crippen LogP contribution in [0.15, 0.2) is 71.8 Å². The molecule has 0 saturated heterocycles. The second-order valence-corrected chi connectivity index (χ2v) is 6.46. The monoisotopic (exact) mass is 325 g/mol. The van der Waals surface area contributed by atoms with Crippen molar-refractivity contribution in [2.24, 2.45) is 0 Å². The molecule has 0 bridgehead atoms. The number of nitrogens with zero attached hydrogens (tertiary/aromatic N) is 1. The highest BCUT2D eigenvalue weighted by molar-refractivity contribution is 8.08. The van der Waals surface area contributed by atoms with Crippen LogP contribution in [-0.4, -0.2) is 9.67 Å². The van der Waals surface area contributed by atoms with Crippen molar-refractivity contribution in [3.05, 3.63) is 83.1 Å². The first-order chi connectivity index (χ1) is 10.8. The second-order valence-electron chi connectivity index (χ2n) is 5.00. The SMILES string of the molecule is OC1=C(c2ccccc2)Sc2cccc(Cl)c2-n2cccc21. The summed E-state index contributed by atoms with van der Waals surface area (Å²) in [6.07, 6.45) is 1.92. The first-order valence-corrected chi connectivity index (χ1v) is 8.08. The van der Waals surface area contributed by atoms with Crippen molar-refractivity contribution >= 4 is 34.0 Å². The van der Waals surface area contributed by atoms with E-state index in [-0.39, 0.29) is 5.76 Å². The minimum atomic E-state index is 0.272. The zero-order valence-corrected chi connectivity index (χ0v) is 13.1. The lowest BCUT2D eigenvalue weighted by Crippen LogP contribution is -1.98. The van der Waals surface area contributed by atoms with E-state index in [9.17, 15) is 5.11 Å². The van der Waals surface area contributed by atoms with Gasteiger partial charge < -0.3 is 9.67 Å². The van der Waals surface area contributed by atoms with Crippen LogP contribution in [0.5, 0.6) is 0 Å². The Labute approximate surface area is 137 Å². The van der Waals surface area contributed by atoms with E-state index in [0.717, 1.165) is 26.7 Å². The number of hydrogen-bond donors (Lipinski definition) is 1. The van der Waals surface area contributed by atoms with Crippen LogP contribution in [0, 0.1) is 0 Å². The predicted molar refractivity (Wildman–Crippen MR) is 92.5 cm³/mol. The molecule has 2 heterocycles. The summed E-state index contributed by atoms with van der Waals surface area (Å²) in [5.41, 5.74) is 2.65. The van der Waals surface area contributed by atoms with Crippen molar-refractivity contribution in [1.29, 1.82) is 0 Å². The van der Waals surface area contributed by atoms with Crippen LogP contribution < -0.4 is 0 Å². The standard InChI is InChI=1S/C18H12ClNOS/c19-13-8-4-10-15-16(13)20-11-5-9-14(20)17(21)18(22-15)12-6-2-1-3-7-12/h1-11,21H. The number of rotatable bonds is 1.